The maximum absolute atomic E-state index is 13.6. The largest absolute Gasteiger partial charge is 0.461 e. The molecular weight excluding hydrogens is 448 g/mol. The van der Waals surface area contributed by atoms with Gasteiger partial charge >= 0.3 is 0 Å². The second kappa shape index (κ2) is 8.51. The van der Waals surface area contributed by atoms with Crippen LogP contribution in [0.25, 0.3) is 28.3 Å². The lowest BCUT2D eigenvalue weighted by Crippen LogP contribution is -2.43. The SMILES string of the molecule is Nc1nc2c(cnn2C(C(=O)N[C@@H]2CCC[C@@H](O)C2)c2ccccc2)c2nc(-c3ccco3)nn12. The summed E-state index contributed by atoms with van der Waals surface area (Å²) < 4.78 is 8.43. The van der Waals surface area contributed by atoms with Gasteiger partial charge in [0.15, 0.2) is 23.1 Å². The Hall–Kier alpha value is -4.25. The molecule has 1 aliphatic rings. The summed E-state index contributed by atoms with van der Waals surface area (Å²) in [5, 5.41) is 22.7. The van der Waals surface area contributed by atoms with E-state index in [1.54, 1.807) is 29.3 Å². The third-order valence-corrected chi connectivity index (χ3v) is 6.40. The Bertz CT molecular complexity index is 1490. The van der Waals surface area contributed by atoms with Crippen molar-refractivity contribution >= 4 is 28.5 Å². The molecule has 6 rings (SSSR count). The average Bonchev–Trinajstić information content (AvgIpc) is 3.60. The Morgan fingerprint density at radius 3 is 2.77 bits per heavy atom. The lowest BCUT2D eigenvalue weighted by molar-refractivity contribution is -0.124. The van der Waals surface area contributed by atoms with Crippen molar-refractivity contribution in [2.75, 3.05) is 5.73 Å². The molecule has 1 aromatic carbocycles. The number of amides is 1. The number of nitrogens with two attached hydrogens (primary N) is 1. The van der Waals surface area contributed by atoms with E-state index < -0.39 is 12.1 Å². The Kier molecular flexibility index (Phi) is 5.18. The normalized spacial score (nSPS) is 19.2. The summed E-state index contributed by atoms with van der Waals surface area (Å²) in [4.78, 5) is 22.7. The van der Waals surface area contributed by atoms with Crippen molar-refractivity contribution in [1.29, 1.82) is 0 Å². The molecule has 1 fully saturated rings. The van der Waals surface area contributed by atoms with Gasteiger partial charge in [-0.3, -0.25) is 4.79 Å². The maximum Gasteiger partial charge on any atom is 0.249 e. The number of nitrogen functional groups attached to an aromatic ring is 1. The van der Waals surface area contributed by atoms with Gasteiger partial charge < -0.3 is 20.6 Å². The number of carbonyl (C=O) groups excluding carboxylic acids is 1. The van der Waals surface area contributed by atoms with Crippen LogP contribution in [0.4, 0.5) is 5.95 Å². The summed E-state index contributed by atoms with van der Waals surface area (Å²) in [6.45, 7) is 0. The molecule has 35 heavy (non-hydrogen) atoms. The fourth-order valence-corrected chi connectivity index (χ4v) is 4.74. The van der Waals surface area contributed by atoms with Crippen LogP contribution < -0.4 is 11.1 Å². The standard InChI is InChI=1S/C24H24N8O3/c25-24-29-22-17(21-28-20(30-32(21)24)18-10-5-11-35-18)13-26-31(22)19(14-6-2-1-3-7-14)23(34)27-15-8-4-9-16(33)12-15/h1-3,5-7,10-11,13,15-16,19,33H,4,8-9,12H2,(H2,25,29)(H,27,34)/t15-,16-,19?/m1/s1. The van der Waals surface area contributed by atoms with Crippen LogP contribution in [0.5, 0.6) is 0 Å². The van der Waals surface area contributed by atoms with Crippen LogP contribution in [0, 0.1) is 0 Å². The number of aliphatic hydroxyl groups excluding tert-OH is 1. The third kappa shape index (κ3) is 3.79. The highest BCUT2D eigenvalue weighted by Gasteiger charge is 2.30. The van der Waals surface area contributed by atoms with E-state index in [0.29, 0.717) is 34.7 Å². The summed E-state index contributed by atoms with van der Waals surface area (Å²) in [5.41, 5.74) is 7.88. The minimum Gasteiger partial charge on any atom is -0.461 e. The first-order chi connectivity index (χ1) is 17.1. The fraction of sp³-hybridized carbons (Fsp3) is 0.292. The van der Waals surface area contributed by atoms with Gasteiger partial charge in [0.2, 0.25) is 17.7 Å². The number of anilines is 1. The zero-order chi connectivity index (χ0) is 23.9. The molecule has 1 saturated carbocycles. The number of fused-ring (bicyclic) bond motifs is 3. The second-order valence-electron chi connectivity index (χ2n) is 8.78. The Morgan fingerprint density at radius 2 is 2.00 bits per heavy atom. The Morgan fingerprint density at radius 1 is 1.14 bits per heavy atom. The molecule has 0 spiro atoms. The first-order valence-electron chi connectivity index (χ1n) is 11.5. The number of nitrogens with zero attached hydrogens (tertiary/aromatic N) is 6. The minimum absolute atomic E-state index is 0.101. The van der Waals surface area contributed by atoms with E-state index in [2.05, 4.69) is 25.5 Å². The number of hydrogen-bond acceptors (Lipinski definition) is 8. The zero-order valence-corrected chi connectivity index (χ0v) is 18.8. The molecule has 3 atom stereocenters. The number of aliphatic hydroxyl groups is 1. The Balaban J connectivity index is 1.45. The van der Waals surface area contributed by atoms with Crippen molar-refractivity contribution in [3.8, 4) is 11.6 Å². The van der Waals surface area contributed by atoms with Crippen molar-refractivity contribution < 1.29 is 14.3 Å². The van der Waals surface area contributed by atoms with Crippen LogP contribution in [-0.2, 0) is 4.79 Å². The smallest absolute Gasteiger partial charge is 0.249 e. The first-order valence-corrected chi connectivity index (χ1v) is 11.5. The molecule has 1 aliphatic carbocycles. The van der Waals surface area contributed by atoms with Gasteiger partial charge in [0, 0.05) is 6.04 Å². The molecule has 4 N–H and O–H groups in total. The van der Waals surface area contributed by atoms with Crippen molar-refractivity contribution in [2.45, 2.75) is 43.9 Å². The van der Waals surface area contributed by atoms with Gasteiger partial charge in [0.25, 0.3) is 0 Å². The molecule has 5 aromatic rings. The monoisotopic (exact) mass is 472 g/mol. The lowest BCUT2D eigenvalue weighted by atomic mass is 9.92. The highest BCUT2D eigenvalue weighted by Crippen LogP contribution is 2.28. The topological polar surface area (TPSA) is 149 Å². The van der Waals surface area contributed by atoms with E-state index in [1.165, 1.54) is 4.52 Å². The predicted octanol–water partition coefficient (Wildman–Crippen LogP) is 2.33. The number of aromatic nitrogens is 6. The number of benzene rings is 1. The highest BCUT2D eigenvalue weighted by atomic mass is 16.3. The third-order valence-electron chi connectivity index (χ3n) is 6.40. The number of rotatable bonds is 5. The van der Waals surface area contributed by atoms with Gasteiger partial charge in [-0.1, -0.05) is 30.3 Å². The molecule has 4 aromatic heterocycles. The Labute approximate surface area is 199 Å². The van der Waals surface area contributed by atoms with E-state index in [4.69, 9.17) is 10.2 Å². The van der Waals surface area contributed by atoms with E-state index in [1.807, 2.05) is 30.3 Å². The lowest BCUT2D eigenvalue weighted by Gasteiger charge is -2.28. The maximum atomic E-state index is 13.6. The molecular formula is C24H24N8O3. The highest BCUT2D eigenvalue weighted by molar-refractivity contribution is 5.92. The zero-order valence-electron chi connectivity index (χ0n) is 18.8. The summed E-state index contributed by atoms with van der Waals surface area (Å²) in [6, 6.07) is 12.0. The molecule has 178 valence electrons. The van der Waals surface area contributed by atoms with Crippen molar-refractivity contribution in [2.24, 2.45) is 0 Å². The number of hydrogen-bond donors (Lipinski definition) is 3. The quantitative estimate of drug-likeness (QED) is 0.353. The second-order valence-corrected chi connectivity index (χ2v) is 8.78. The summed E-state index contributed by atoms with van der Waals surface area (Å²) in [7, 11) is 0. The summed E-state index contributed by atoms with van der Waals surface area (Å²) >= 11 is 0. The van der Waals surface area contributed by atoms with Gasteiger partial charge in [-0.15, -0.1) is 5.10 Å². The van der Waals surface area contributed by atoms with Gasteiger partial charge in [-0.25, -0.2) is 9.67 Å². The van der Waals surface area contributed by atoms with Gasteiger partial charge in [-0.05, 0) is 43.4 Å². The molecule has 1 amide bonds. The van der Waals surface area contributed by atoms with Gasteiger partial charge in [0.05, 0.1) is 24.0 Å². The number of carbonyl (C=O) groups is 1. The molecule has 0 radical (unpaired) electrons. The molecule has 11 heteroatoms. The predicted molar refractivity (Wildman–Crippen MR) is 127 cm³/mol. The van der Waals surface area contributed by atoms with Crippen LogP contribution in [0.2, 0.25) is 0 Å². The van der Waals surface area contributed by atoms with Gasteiger partial charge in [-0.2, -0.15) is 14.6 Å². The van der Waals surface area contributed by atoms with Crippen LogP contribution in [0.15, 0.2) is 59.3 Å². The van der Waals surface area contributed by atoms with E-state index in [0.717, 1.165) is 24.8 Å². The van der Waals surface area contributed by atoms with E-state index in [-0.39, 0.29) is 17.9 Å². The van der Waals surface area contributed by atoms with Gasteiger partial charge in [0.1, 0.15) is 0 Å². The van der Waals surface area contributed by atoms with Crippen LogP contribution in [0.3, 0.4) is 0 Å². The number of furan rings is 1. The van der Waals surface area contributed by atoms with Crippen molar-refractivity contribution in [3.05, 3.63) is 60.5 Å². The minimum atomic E-state index is -0.783. The molecule has 0 saturated heterocycles. The average molecular weight is 473 g/mol. The van der Waals surface area contributed by atoms with Crippen molar-refractivity contribution in [3.63, 3.8) is 0 Å². The molecule has 4 heterocycles. The van der Waals surface area contributed by atoms with E-state index in [9.17, 15) is 9.90 Å². The summed E-state index contributed by atoms with van der Waals surface area (Å²) in [6.07, 6.45) is 5.75. The van der Waals surface area contributed by atoms with Crippen LogP contribution >= 0.6 is 0 Å². The molecule has 1 unspecified atom stereocenters. The fourth-order valence-electron chi connectivity index (χ4n) is 4.74. The molecule has 0 bridgehead atoms. The van der Waals surface area contributed by atoms with E-state index >= 15 is 0 Å². The van der Waals surface area contributed by atoms with Crippen LogP contribution in [-0.4, -0.2) is 52.5 Å². The first kappa shape index (κ1) is 21.3. The molecule has 11 nitrogen and oxygen atoms in total. The molecule has 0 aliphatic heterocycles. The van der Waals surface area contributed by atoms with Crippen LogP contribution in [0.1, 0.15) is 37.3 Å². The number of nitrogens with one attached hydrogen (secondary N) is 1. The van der Waals surface area contributed by atoms with Crippen molar-refractivity contribution in [1.82, 2.24) is 34.7 Å². The summed E-state index contributed by atoms with van der Waals surface area (Å²) in [5.74, 6) is 0.766.